The minimum absolute atomic E-state index is 0.217. The van der Waals surface area contributed by atoms with Gasteiger partial charge >= 0.3 is 17.6 Å². The molecule has 0 radical (unpaired) electrons. The van der Waals surface area contributed by atoms with E-state index in [0.29, 0.717) is 24.4 Å². The highest BCUT2D eigenvalue weighted by molar-refractivity contribution is 6.35. The molecule has 0 fully saturated rings. The van der Waals surface area contributed by atoms with Gasteiger partial charge in [-0.1, -0.05) is 11.6 Å². The minimum Gasteiger partial charge on any atom is -0.477 e. The molecule has 2 aromatic carbocycles. The monoisotopic (exact) mass is 470 g/mol. The van der Waals surface area contributed by atoms with Crippen LogP contribution in [0.1, 0.15) is 22.8 Å². The number of aromatic nitrogens is 1. The summed E-state index contributed by atoms with van der Waals surface area (Å²) >= 11 is 5.89. The van der Waals surface area contributed by atoms with Crippen LogP contribution >= 0.6 is 11.6 Å². The van der Waals surface area contributed by atoms with Gasteiger partial charge < -0.3 is 14.4 Å². The van der Waals surface area contributed by atoms with Gasteiger partial charge in [-0.05, 0) is 12.1 Å². The first-order valence-electron chi connectivity index (χ1n) is 8.50. The summed E-state index contributed by atoms with van der Waals surface area (Å²) in [5.41, 5.74) is -4.29. The Kier molecular flexibility index (Phi) is 5.90. The first kappa shape index (κ1) is 22.7. The third-order valence-corrected chi connectivity index (χ3v) is 4.74. The molecule has 0 atom stereocenters. The van der Waals surface area contributed by atoms with Crippen LogP contribution in [0.15, 0.2) is 29.2 Å². The molecule has 0 spiro atoms. The Labute approximate surface area is 180 Å². The Morgan fingerprint density at radius 2 is 1.88 bits per heavy atom. The predicted octanol–water partition coefficient (Wildman–Crippen LogP) is 3.73. The molecule has 166 valence electrons. The zero-order valence-corrected chi connectivity index (χ0v) is 16.6. The van der Waals surface area contributed by atoms with Gasteiger partial charge in [0, 0.05) is 24.8 Å². The van der Waals surface area contributed by atoms with Crippen molar-refractivity contribution in [1.29, 1.82) is 0 Å². The molecule has 0 amide bonds. The van der Waals surface area contributed by atoms with Crippen LogP contribution in [-0.4, -0.2) is 26.5 Å². The van der Waals surface area contributed by atoms with E-state index in [1.165, 1.54) is 0 Å². The zero-order chi connectivity index (χ0) is 23.9. The van der Waals surface area contributed by atoms with Gasteiger partial charge in [-0.3, -0.25) is 19.7 Å². The lowest BCUT2D eigenvalue weighted by atomic mass is 10.1. The lowest BCUT2D eigenvalue weighted by Crippen LogP contribution is -2.20. The van der Waals surface area contributed by atoms with E-state index in [0.717, 1.165) is 11.5 Å². The van der Waals surface area contributed by atoms with E-state index in [1.54, 1.807) is 0 Å². The van der Waals surface area contributed by atoms with Crippen molar-refractivity contribution in [3.8, 4) is 5.69 Å². The molecule has 13 heteroatoms. The number of hydrogen-bond donors (Lipinski definition) is 1. The van der Waals surface area contributed by atoms with Crippen LogP contribution in [0.2, 0.25) is 5.02 Å². The number of nitro groups is 1. The quantitative estimate of drug-likeness (QED) is 0.260. The fraction of sp³-hybridized carbons (Fsp3) is 0.105. The molecule has 1 heterocycles. The van der Waals surface area contributed by atoms with E-state index in [4.69, 9.17) is 16.3 Å². The number of benzene rings is 2. The Bertz CT molecular complexity index is 1390. The molecule has 1 aromatic heterocycles. The molecule has 9 nitrogen and oxygen atoms in total. The zero-order valence-electron chi connectivity index (χ0n) is 15.8. The van der Waals surface area contributed by atoms with Gasteiger partial charge in [0.2, 0.25) is 11.2 Å². The number of esters is 1. The number of hydrogen-bond acceptors (Lipinski definition) is 6. The van der Waals surface area contributed by atoms with Crippen molar-refractivity contribution >= 4 is 40.1 Å². The summed E-state index contributed by atoms with van der Waals surface area (Å²) in [6.07, 6.45) is 0.671. The second-order valence-corrected chi connectivity index (χ2v) is 6.78. The number of carbonyl (C=O) groups excluding carboxylic acids is 1. The van der Waals surface area contributed by atoms with Crippen LogP contribution in [0.5, 0.6) is 0 Å². The molecule has 3 aromatic rings. The average Bonchev–Trinajstić information content (AvgIpc) is 2.71. The summed E-state index contributed by atoms with van der Waals surface area (Å²) in [6.45, 7) is 0.407. The summed E-state index contributed by atoms with van der Waals surface area (Å²) in [5.74, 6) is -6.97. The van der Waals surface area contributed by atoms with Crippen LogP contribution in [0.4, 0.5) is 18.9 Å². The predicted molar refractivity (Wildman–Crippen MR) is 104 cm³/mol. The number of ether oxygens (including phenoxy) is 1. The van der Waals surface area contributed by atoms with Crippen LogP contribution in [0.25, 0.3) is 16.6 Å². The number of aromatic carboxylic acids is 1. The van der Waals surface area contributed by atoms with E-state index in [9.17, 15) is 42.8 Å². The number of carbonyl (C=O) groups is 2. The van der Waals surface area contributed by atoms with Crippen LogP contribution in [0.3, 0.4) is 0 Å². The van der Waals surface area contributed by atoms with E-state index >= 15 is 0 Å². The fourth-order valence-electron chi connectivity index (χ4n) is 2.98. The number of halogens is 4. The Hall–Kier alpha value is -3.93. The van der Waals surface area contributed by atoms with Crippen molar-refractivity contribution in [2.75, 3.05) is 0 Å². The summed E-state index contributed by atoms with van der Waals surface area (Å²) < 4.78 is 47.9. The van der Waals surface area contributed by atoms with Gasteiger partial charge in [0.15, 0.2) is 11.6 Å². The van der Waals surface area contributed by atoms with Crippen molar-refractivity contribution in [2.45, 2.75) is 13.5 Å². The average molecular weight is 471 g/mol. The molecule has 0 saturated heterocycles. The van der Waals surface area contributed by atoms with Crippen molar-refractivity contribution in [3.05, 3.63) is 78.3 Å². The number of nitro benzene ring substituents is 1. The van der Waals surface area contributed by atoms with Crippen LogP contribution in [0, 0.1) is 27.6 Å². The topological polar surface area (TPSA) is 129 Å². The van der Waals surface area contributed by atoms with Gasteiger partial charge in [-0.15, -0.1) is 0 Å². The third kappa shape index (κ3) is 3.87. The van der Waals surface area contributed by atoms with E-state index in [-0.39, 0.29) is 11.3 Å². The third-order valence-electron chi connectivity index (χ3n) is 4.39. The standard InChI is InChI=1S/C19H10ClF3N2O7/c1-7(26)32-6-8-2-11(21)14(25(30)31)4-13(8)24-5-10(19(28)29)18(27)9-3-12(22)16(23)15(20)17(9)24/h2-5H,6H2,1H3,(H,28,29). The van der Waals surface area contributed by atoms with E-state index in [2.05, 4.69) is 0 Å². The second kappa shape index (κ2) is 8.30. The maximum atomic E-state index is 14.2. The van der Waals surface area contributed by atoms with Crippen molar-refractivity contribution in [2.24, 2.45) is 0 Å². The number of fused-ring (bicyclic) bond motifs is 1. The van der Waals surface area contributed by atoms with Crippen molar-refractivity contribution in [1.82, 2.24) is 4.57 Å². The maximum absolute atomic E-state index is 14.2. The molecule has 1 N–H and O–H groups in total. The minimum atomic E-state index is -1.75. The first-order chi connectivity index (χ1) is 14.9. The summed E-state index contributed by atoms with van der Waals surface area (Å²) in [4.78, 5) is 45.4. The van der Waals surface area contributed by atoms with Crippen molar-refractivity contribution in [3.63, 3.8) is 0 Å². The highest BCUT2D eigenvalue weighted by Gasteiger charge is 2.25. The first-order valence-corrected chi connectivity index (χ1v) is 8.88. The molecule has 0 aliphatic heterocycles. The lowest BCUT2D eigenvalue weighted by molar-refractivity contribution is -0.387. The summed E-state index contributed by atoms with van der Waals surface area (Å²) in [7, 11) is 0. The Balaban J connectivity index is 2.54. The second-order valence-electron chi connectivity index (χ2n) is 6.40. The maximum Gasteiger partial charge on any atom is 0.341 e. The Morgan fingerprint density at radius 1 is 1.22 bits per heavy atom. The molecule has 0 aliphatic carbocycles. The molecule has 0 saturated carbocycles. The SMILES string of the molecule is CC(=O)OCc1cc(F)c([N+](=O)[O-])cc1-n1cc(C(=O)O)c(=O)c2cc(F)c(F)c(Cl)c21. The number of carboxylic acid groups (broad SMARTS) is 1. The van der Waals surface area contributed by atoms with E-state index < -0.39 is 73.5 Å². The van der Waals surface area contributed by atoms with Gasteiger partial charge in [-0.2, -0.15) is 4.39 Å². The fourth-order valence-corrected chi connectivity index (χ4v) is 3.27. The molecule has 3 rings (SSSR count). The summed E-state index contributed by atoms with van der Waals surface area (Å²) in [5, 5.41) is 19.0. The molecule has 0 unspecified atom stereocenters. The lowest BCUT2D eigenvalue weighted by Gasteiger charge is -2.18. The van der Waals surface area contributed by atoms with Crippen molar-refractivity contribution < 1.29 is 37.5 Å². The largest absolute Gasteiger partial charge is 0.477 e. The number of carboxylic acids is 1. The van der Waals surface area contributed by atoms with Gasteiger partial charge in [0.05, 0.1) is 21.5 Å². The highest BCUT2D eigenvalue weighted by Crippen LogP contribution is 2.33. The van der Waals surface area contributed by atoms with Crippen LogP contribution in [-0.2, 0) is 16.1 Å². The van der Waals surface area contributed by atoms with Gasteiger partial charge in [0.25, 0.3) is 0 Å². The molecule has 0 aliphatic rings. The number of pyridine rings is 1. The number of nitrogens with zero attached hydrogens (tertiary/aromatic N) is 2. The highest BCUT2D eigenvalue weighted by atomic mass is 35.5. The van der Waals surface area contributed by atoms with Gasteiger partial charge in [0.1, 0.15) is 17.2 Å². The normalized spacial score (nSPS) is 10.9. The number of rotatable bonds is 5. The molecule has 0 bridgehead atoms. The van der Waals surface area contributed by atoms with Gasteiger partial charge in [-0.25, -0.2) is 13.6 Å². The Morgan fingerprint density at radius 3 is 2.44 bits per heavy atom. The smallest absolute Gasteiger partial charge is 0.341 e. The van der Waals surface area contributed by atoms with E-state index in [1.807, 2.05) is 0 Å². The van der Waals surface area contributed by atoms with Crippen LogP contribution < -0.4 is 5.43 Å². The summed E-state index contributed by atoms with van der Waals surface area (Å²) in [6, 6.07) is 1.72. The molecule has 32 heavy (non-hydrogen) atoms. The molecular formula is C19H10ClF3N2O7. The molecular weight excluding hydrogens is 461 g/mol.